The number of carbonyl (C=O) groups is 8. The van der Waals surface area contributed by atoms with Crippen molar-refractivity contribution in [1.82, 2.24) is 15.5 Å². The number of likely N-dealkylation sites (tertiary alicyclic amines) is 1. The lowest BCUT2D eigenvalue weighted by molar-refractivity contribution is -0.151. The first-order valence-corrected chi connectivity index (χ1v) is 22.4. The largest absolute Gasteiger partial charge is 0.465 e. The zero-order valence-electron chi connectivity index (χ0n) is 36.6. The van der Waals surface area contributed by atoms with Crippen LogP contribution in [0.25, 0.3) is 0 Å². The molecule has 1 saturated carbocycles. The second-order valence-corrected chi connectivity index (χ2v) is 17.2. The molecule has 0 aromatic heterocycles. The second kappa shape index (κ2) is 25.6. The molecule has 14 heteroatoms. The van der Waals surface area contributed by atoms with Crippen molar-refractivity contribution in [2.45, 2.75) is 135 Å². The molecule has 14 nitrogen and oxygen atoms in total. The summed E-state index contributed by atoms with van der Waals surface area (Å²) < 4.78 is 11.7. The number of ketones is 3. The Morgan fingerprint density at radius 1 is 0.839 bits per heavy atom. The quantitative estimate of drug-likeness (QED) is 0.0616. The highest BCUT2D eigenvalue weighted by Crippen LogP contribution is 2.30. The maximum Gasteiger partial charge on any atom is 0.306 e. The van der Waals surface area contributed by atoms with E-state index in [1.807, 2.05) is 51.1 Å². The number of hydrogen-bond acceptors (Lipinski definition) is 10. The average molecular weight is 859 g/mol. The molecule has 1 saturated heterocycles. The van der Waals surface area contributed by atoms with Gasteiger partial charge in [-0.15, -0.1) is 0 Å². The molecule has 1 aliphatic carbocycles. The summed E-state index contributed by atoms with van der Waals surface area (Å²) in [6.45, 7) is 6.50. The maximum absolute atomic E-state index is 14.6. The Bertz CT molecular complexity index is 1810. The predicted octanol–water partition coefficient (Wildman–Crippen LogP) is 5.49. The Labute approximate surface area is 365 Å². The lowest BCUT2D eigenvalue weighted by Crippen LogP contribution is -2.45. The molecular weight excluding hydrogens is 793 g/mol. The van der Waals surface area contributed by atoms with E-state index in [1.54, 1.807) is 30.3 Å². The summed E-state index contributed by atoms with van der Waals surface area (Å²) in [4.78, 5) is 108. The van der Waals surface area contributed by atoms with Crippen molar-refractivity contribution in [3.8, 4) is 0 Å². The predicted molar refractivity (Wildman–Crippen MR) is 232 cm³/mol. The Morgan fingerprint density at radius 3 is 2.16 bits per heavy atom. The number of primary amides is 1. The van der Waals surface area contributed by atoms with Crippen LogP contribution in [0.3, 0.4) is 0 Å². The van der Waals surface area contributed by atoms with Gasteiger partial charge in [-0.1, -0.05) is 107 Å². The topological polar surface area (TPSA) is 208 Å². The van der Waals surface area contributed by atoms with E-state index in [0.717, 1.165) is 37.7 Å². The summed E-state index contributed by atoms with van der Waals surface area (Å²) in [6, 6.07) is 15.8. The fourth-order valence-corrected chi connectivity index (χ4v) is 8.22. The number of nitrogens with two attached hydrogens (primary N) is 1. The molecule has 4 amide bonds. The Hall–Kier alpha value is -5.24. The molecule has 4 rings (SSSR count). The van der Waals surface area contributed by atoms with Crippen molar-refractivity contribution in [3.63, 3.8) is 0 Å². The smallest absolute Gasteiger partial charge is 0.306 e. The molecular formula is C48H66N4O10. The first-order valence-electron chi connectivity index (χ1n) is 22.4. The number of rotatable bonds is 26. The van der Waals surface area contributed by atoms with E-state index in [4.69, 9.17) is 15.2 Å². The van der Waals surface area contributed by atoms with Crippen LogP contribution in [0, 0.1) is 23.7 Å². The van der Waals surface area contributed by atoms with E-state index in [2.05, 4.69) is 10.6 Å². The standard InChI is InChI=1S/C48H66N4O10/c1-4-15-36(45(57)40(53)23-24-42(55)51-44(46(49)58)34-18-10-6-11-19-34)26-41(54)39-28-38(61-31-33-16-8-5-9-17-33)29-52(39)48(60)37(27-43(56)62-30-32(2)3)22-14-25-50-47(59)35-20-12-7-13-21-35/h5-6,8-11,16-19,32,35-39,44H,4,7,12-15,20-31H2,1-3H3,(H2,49,58)(H,50,59)(H,51,55)/t36?,37-,38-,39+,44+/m1/s1. The monoisotopic (exact) mass is 858 g/mol. The first-order chi connectivity index (χ1) is 29.8. The van der Waals surface area contributed by atoms with Gasteiger partial charge in [0.15, 0.2) is 11.6 Å². The maximum atomic E-state index is 14.6. The van der Waals surface area contributed by atoms with Gasteiger partial charge in [0.25, 0.3) is 0 Å². The minimum atomic E-state index is -1.12. The van der Waals surface area contributed by atoms with Gasteiger partial charge in [0.05, 0.1) is 31.8 Å². The van der Waals surface area contributed by atoms with Crippen LogP contribution in [0.1, 0.15) is 128 Å². The summed E-state index contributed by atoms with van der Waals surface area (Å²) in [5, 5.41) is 5.54. The van der Waals surface area contributed by atoms with Crippen molar-refractivity contribution in [2.24, 2.45) is 29.4 Å². The highest BCUT2D eigenvalue weighted by Gasteiger charge is 2.43. The second-order valence-electron chi connectivity index (χ2n) is 17.2. The van der Waals surface area contributed by atoms with Crippen LogP contribution in [-0.4, -0.2) is 83.7 Å². The number of carbonyl (C=O) groups excluding carboxylic acids is 8. The van der Waals surface area contributed by atoms with Crippen LogP contribution in [0.4, 0.5) is 0 Å². The van der Waals surface area contributed by atoms with Crippen molar-refractivity contribution in [3.05, 3.63) is 71.8 Å². The molecule has 338 valence electrons. The number of Topliss-reactive ketones (excluding diaryl/α,β-unsaturated/α-hetero) is 3. The first kappa shape index (κ1) is 49.4. The van der Waals surface area contributed by atoms with Crippen LogP contribution in [-0.2, 0) is 54.4 Å². The van der Waals surface area contributed by atoms with Crippen LogP contribution in [0.2, 0.25) is 0 Å². The van der Waals surface area contributed by atoms with E-state index in [1.165, 1.54) is 4.90 Å². The van der Waals surface area contributed by atoms with Crippen molar-refractivity contribution in [1.29, 1.82) is 0 Å². The third-order valence-electron chi connectivity index (χ3n) is 11.6. The van der Waals surface area contributed by atoms with E-state index in [9.17, 15) is 38.4 Å². The molecule has 2 fully saturated rings. The normalized spacial score (nSPS) is 18.0. The van der Waals surface area contributed by atoms with E-state index >= 15 is 0 Å². The third-order valence-corrected chi connectivity index (χ3v) is 11.6. The summed E-state index contributed by atoms with van der Waals surface area (Å²) in [6.07, 6.45) is 4.60. The lowest BCUT2D eigenvalue weighted by Gasteiger charge is -2.29. The molecule has 2 aromatic rings. The number of hydrogen-bond donors (Lipinski definition) is 3. The third kappa shape index (κ3) is 15.9. The minimum absolute atomic E-state index is 0.00485. The molecule has 0 bridgehead atoms. The molecule has 62 heavy (non-hydrogen) atoms. The summed E-state index contributed by atoms with van der Waals surface area (Å²) in [7, 11) is 0. The van der Waals surface area contributed by atoms with Gasteiger partial charge in [0, 0.05) is 56.5 Å². The van der Waals surface area contributed by atoms with Gasteiger partial charge in [-0.25, -0.2) is 0 Å². The van der Waals surface area contributed by atoms with Gasteiger partial charge in [0.2, 0.25) is 29.4 Å². The van der Waals surface area contributed by atoms with E-state index < -0.39 is 77.5 Å². The number of ether oxygens (including phenoxy) is 2. The fraction of sp³-hybridized carbons (Fsp3) is 0.583. The van der Waals surface area contributed by atoms with Crippen LogP contribution < -0.4 is 16.4 Å². The van der Waals surface area contributed by atoms with Crippen LogP contribution in [0.5, 0.6) is 0 Å². The van der Waals surface area contributed by atoms with Gasteiger partial charge in [-0.3, -0.25) is 38.4 Å². The lowest BCUT2D eigenvalue weighted by atomic mass is 9.87. The van der Waals surface area contributed by atoms with Gasteiger partial charge in [0.1, 0.15) is 6.04 Å². The molecule has 1 aliphatic heterocycles. The van der Waals surface area contributed by atoms with Crippen molar-refractivity contribution < 1.29 is 47.8 Å². The molecule has 1 heterocycles. The zero-order chi connectivity index (χ0) is 45.0. The highest BCUT2D eigenvalue weighted by atomic mass is 16.5. The van der Waals surface area contributed by atoms with E-state index in [-0.39, 0.29) is 76.0 Å². The number of benzene rings is 2. The summed E-state index contributed by atoms with van der Waals surface area (Å²) >= 11 is 0. The highest BCUT2D eigenvalue weighted by molar-refractivity contribution is 6.38. The number of amides is 4. The molecule has 0 radical (unpaired) electrons. The molecule has 2 aromatic carbocycles. The number of nitrogens with zero attached hydrogens (tertiary/aromatic N) is 1. The Kier molecular flexibility index (Phi) is 20.4. The average Bonchev–Trinajstić information content (AvgIpc) is 3.71. The SMILES string of the molecule is CCCC(CC(=O)[C@@H]1C[C@@H](OCc2ccccc2)CN1C(=O)[C@H](CCCNC(=O)C1CCCCC1)CC(=O)OCC(C)C)C(=O)C(=O)CCC(=O)N[C@H](C(N)=O)c1ccccc1. The molecule has 4 N–H and O–H groups in total. The van der Waals surface area contributed by atoms with Gasteiger partial charge in [-0.05, 0) is 49.1 Å². The Morgan fingerprint density at radius 2 is 1.52 bits per heavy atom. The molecule has 1 unspecified atom stereocenters. The van der Waals surface area contributed by atoms with Crippen molar-refractivity contribution >= 4 is 46.9 Å². The van der Waals surface area contributed by atoms with Gasteiger partial charge in [-0.2, -0.15) is 0 Å². The molecule has 5 atom stereocenters. The minimum Gasteiger partial charge on any atom is -0.465 e. The summed E-state index contributed by atoms with van der Waals surface area (Å²) in [5.41, 5.74) is 6.90. The number of esters is 1. The van der Waals surface area contributed by atoms with Crippen molar-refractivity contribution in [2.75, 3.05) is 19.7 Å². The van der Waals surface area contributed by atoms with Gasteiger partial charge < -0.3 is 30.7 Å². The summed E-state index contributed by atoms with van der Waals surface area (Å²) in [5.74, 6) is -6.14. The number of nitrogens with one attached hydrogen (secondary N) is 2. The Balaban J connectivity index is 1.47. The molecule has 2 aliphatic rings. The van der Waals surface area contributed by atoms with Gasteiger partial charge >= 0.3 is 5.97 Å². The molecule has 0 spiro atoms. The van der Waals surface area contributed by atoms with Crippen LogP contribution in [0.15, 0.2) is 60.7 Å². The van der Waals surface area contributed by atoms with E-state index in [0.29, 0.717) is 24.9 Å². The van der Waals surface area contributed by atoms with Crippen LogP contribution >= 0.6 is 0 Å². The zero-order valence-corrected chi connectivity index (χ0v) is 36.6. The fourth-order valence-electron chi connectivity index (χ4n) is 8.22.